The topological polar surface area (TPSA) is 32.3 Å². The van der Waals surface area contributed by atoms with E-state index in [9.17, 15) is 0 Å². The number of hydrogen-bond acceptors (Lipinski definition) is 4. The summed E-state index contributed by atoms with van der Waals surface area (Å²) in [4.78, 5) is 13.7. The number of piperazine rings is 1. The Kier molecular flexibility index (Phi) is 4.04. The van der Waals surface area contributed by atoms with Gasteiger partial charge in [-0.2, -0.15) is 0 Å². The fraction of sp³-hybridized carbons (Fsp3) is 0.412. The van der Waals surface area contributed by atoms with Gasteiger partial charge in [-0.25, -0.2) is 9.97 Å². The Morgan fingerprint density at radius 3 is 2.30 bits per heavy atom. The maximum Gasteiger partial charge on any atom is 0.135 e. The highest BCUT2D eigenvalue weighted by Crippen LogP contribution is 2.39. The minimum absolute atomic E-state index is 0.511. The molecule has 0 bridgehead atoms. The molecule has 120 valence electrons. The van der Waals surface area contributed by atoms with Crippen LogP contribution in [0.5, 0.6) is 0 Å². The lowest BCUT2D eigenvalue weighted by molar-refractivity contribution is 0.644. The van der Waals surface area contributed by atoms with Crippen molar-refractivity contribution in [3.63, 3.8) is 0 Å². The van der Waals surface area contributed by atoms with Gasteiger partial charge in [-0.3, -0.25) is 0 Å². The Labute approximate surface area is 146 Å². The lowest BCUT2D eigenvalue weighted by Crippen LogP contribution is -2.47. The van der Waals surface area contributed by atoms with Crippen molar-refractivity contribution in [2.45, 2.75) is 18.8 Å². The summed E-state index contributed by atoms with van der Waals surface area (Å²) in [6, 6.07) is 9.88. The fourth-order valence-corrected chi connectivity index (χ4v) is 3.43. The summed E-state index contributed by atoms with van der Waals surface area (Å²) in [5.41, 5.74) is 1.10. The maximum atomic E-state index is 6.30. The second-order valence-electron chi connectivity index (χ2n) is 6.11. The molecule has 1 aliphatic carbocycles. The molecule has 1 saturated heterocycles. The number of anilines is 2. The third-order valence-electron chi connectivity index (χ3n) is 4.44. The number of nitrogens with zero attached hydrogens (tertiary/aromatic N) is 4. The number of aromatic nitrogens is 2. The van der Waals surface area contributed by atoms with E-state index in [1.807, 2.05) is 24.3 Å². The molecule has 2 aliphatic rings. The van der Waals surface area contributed by atoms with Gasteiger partial charge in [0.05, 0.1) is 10.7 Å². The highest BCUT2D eigenvalue weighted by Gasteiger charge is 2.28. The molecule has 4 nitrogen and oxygen atoms in total. The summed E-state index contributed by atoms with van der Waals surface area (Å²) in [6.45, 7) is 3.65. The predicted molar refractivity (Wildman–Crippen MR) is 94.9 cm³/mol. The molecule has 0 N–H and O–H groups in total. The van der Waals surface area contributed by atoms with Gasteiger partial charge in [0, 0.05) is 38.2 Å². The van der Waals surface area contributed by atoms with Crippen LogP contribution in [0.3, 0.4) is 0 Å². The van der Waals surface area contributed by atoms with E-state index in [-0.39, 0.29) is 0 Å². The van der Waals surface area contributed by atoms with E-state index in [1.165, 1.54) is 12.8 Å². The van der Waals surface area contributed by atoms with Crippen LogP contribution in [-0.2, 0) is 0 Å². The predicted octanol–water partition coefficient (Wildman–Crippen LogP) is 3.99. The van der Waals surface area contributed by atoms with Gasteiger partial charge in [0.1, 0.15) is 16.8 Å². The number of rotatable bonds is 3. The maximum absolute atomic E-state index is 6.30. The summed E-state index contributed by atoms with van der Waals surface area (Å²) < 4.78 is 0. The van der Waals surface area contributed by atoms with Crippen molar-refractivity contribution < 1.29 is 0 Å². The molecule has 0 unspecified atom stereocenters. The van der Waals surface area contributed by atoms with E-state index < -0.39 is 0 Å². The monoisotopic (exact) mass is 348 g/mol. The smallest absolute Gasteiger partial charge is 0.135 e. The molecular weight excluding hydrogens is 331 g/mol. The minimum atomic E-state index is 0.511. The van der Waals surface area contributed by atoms with Crippen LogP contribution in [0.25, 0.3) is 0 Å². The van der Waals surface area contributed by atoms with Crippen molar-refractivity contribution >= 4 is 34.7 Å². The Morgan fingerprint density at radius 2 is 1.61 bits per heavy atom. The second-order valence-corrected chi connectivity index (χ2v) is 6.90. The van der Waals surface area contributed by atoms with Crippen molar-refractivity contribution in [1.82, 2.24) is 9.97 Å². The number of hydrogen-bond donors (Lipinski definition) is 0. The number of benzene rings is 1. The molecule has 6 heteroatoms. The third kappa shape index (κ3) is 3.24. The zero-order valence-electron chi connectivity index (χ0n) is 12.8. The van der Waals surface area contributed by atoms with Gasteiger partial charge in [-0.15, -0.1) is 0 Å². The normalized spacial score (nSPS) is 18.3. The summed E-state index contributed by atoms with van der Waals surface area (Å²) in [6.07, 6.45) is 2.36. The van der Waals surface area contributed by atoms with Gasteiger partial charge in [0.2, 0.25) is 0 Å². The summed E-state index contributed by atoms with van der Waals surface area (Å²) in [7, 11) is 0. The van der Waals surface area contributed by atoms with E-state index in [0.29, 0.717) is 11.1 Å². The lowest BCUT2D eigenvalue weighted by Gasteiger charge is -2.37. The molecule has 2 fully saturated rings. The molecule has 1 aliphatic heterocycles. The zero-order valence-corrected chi connectivity index (χ0v) is 14.3. The highest BCUT2D eigenvalue weighted by molar-refractivity contribution is 6.33. The van der Waals surface area contributed by atoms with Crippen LogP contribution >= 0.6 is 23.2 Å². The molecular formula is C17H18Cl2N4. The van der Waals surface area contributed by atoms with Crippen molar-refractivity contribution in [3.8, 4) is 0 Å². The first kappa shape index (κ1) is 15.0. The first-order valence-corrected chi connectivity index (χ1v) is 8.75. The Hall–Kier alpha value is -1.52. The van der Waals surface area contributed by atoms with E-state index in [1.54, 1.807) is 0 Å². The minimum Gasteiger partial charge on any atom is -0.367 e. The van der Waals surface area contributed by atoms with Crippen molar-refractivity contribution in [2.75, 3.05) is 36.0 Å². The molecule has 1 aromatic carbocycles. The van der Waals surface area contributed by atoms with Crippen LogP contribution in [0.2, 0.25) is 10.2 Å². The Balaban J connectivity index is 1.48. The average Bonchev–Trinajstić information content (AvgIpc) is 3.40. The quantitative estimate of drug-likeness (QED) is 0.785. The van der Waals surface area contributed by atoms with Crippen LogP contribution in [-0.4, -0.2) is 36.1 Å². The Bertz CT molecular complexity index is 709. The van der Waals surface area contributed by atoms with Gasteiger partial charge < -0.3 is 9.80 Å². The SMILES string of the molecule is Clc1cc(N2CCN(c3ccccc3Cl)CC2)nc(C2CC2)n1. The second kappa shape index (κ2) is 6.17. The molecule has 1 saturated carbocycles. The van der Waals surface area contributed by atoms with E-state index in [2.05, 4.69) is 20.9 Å². The molecule has 1 aromatic heterocycles. The molecule has 4 rings (SSSR count). The molecule has 2 aromatic rings. The highest BCUT2D eigenvalue weighted by atomic mass is 35.5. The number of para-hydroxylation sites is 1. The van der Waals surface area contributed by atoms with Gasteiger partial charge in [-0.1, -0.05) is 35.3 Å². The standard InChI is InChI=1S/C17H18Cl2N4/c18-13-3-1-2-4-14(13)22-7-9-23(10-8-22)16-11-15(19)20-17(21-16)12-5-6-12/h1-4,11-12H,5-10H2. The van der Waals surface area contributed by atoms with Crippen molar-refractivity contribution in [1.29, 1.82) is 0 Å². The summed E-state index contributed by atoms with van der Waals surface area (Å²) >= 11 is 12.5. The fourth-order valence-electron chi connectivity index (χ4n) is 2.99. The zero-order chi connectivity index (χ0) is 15.8. The van der Waals surface area contributed by atoms with Gasteiger partial charge >= 0.3 is 0 Å². The summed E-state index contributed by atoms with van der Waals surface area (Å²) in [5.74, 6) is 2.36. The molecule has 0 atom stereocenters. The molecule has 0 radical (unpaired) electrons. The molecule has 23 heavy (non-hydrogen) atoms. The first-order valence-electron chi connectivity index (χ1n) is 7.99. The average molecular weight is 349 g/mol. The van der Waals surface area contributed by atoms with Gasteiger partial charge in [-0.05, 0) is 25.0 Å². The van der Waals surface area contributed by atoms with Crippen LogP contribution in [0.1, 0.15) is 24.6 Å². The molecule has 0 spiro atoms. The Morgan fingerprint density at radius 1 is 0.913 bits per heavy atom. The largest absolute Gasteiger partial charge is 0.367 e. The lowest BCUT2D eigenvalue weighted by atomic mass is 10.2. The van der Waals surface area contributed by atoms with E-state index in [0.717, 1.165) is 48.5 Å². The van der Waals surface area contributed by atoms with Crippen molar-refractivity contribution in [2.24, 2.45) is 0 Å². The van der Waals surface area contributed by atoms with Crippen LogP contribution in [0.15, 0.2) is 30.3 Å². The van der Waals surface area contributed by atoms with E-state index in [4.69, 9.17) is 28.2 Å². The molecule has 2 heterocycles. The number of halogens is 2. The van der Waals surface area contributed by atoms with Crippen LogP contribution in [0.4, 0.5) is 11.5 Å². The van der Waals surface area contributed by atoms with Gasteiger partial charge in [0.25, 0.3) is 0 Å². The molecule has 0 amide bonds. The van der Waals surface area contributed by atoms with Crippen molar-refractivity contribution in [3.05, 3.63) is 46.3 Å². The third-order valence-corrected chi connectivity index (χ3v) is 4.95. The first-order chi connectivity index (χ1) is 11.2. The van der Waals surface area contributed by atoms with E-state index >= 15 is 0 Å². The van der Waals surface area contributed by atoms with Crippen LogP contribution < -0.4 is 9.80 Å². The summed E-state index contributed by atoms with van der Waals surface area (Å²) in [5, 5.41) is 1.35. The van der Waals surface area contributed by atoms with Gasteiger partial charge in [0.15, 0.2) is 0 Å². The van der Waals surface area contributed by atoms with Crippen LogP contribution in [0, 0.1) is 0 Å².